The van der Waals surface area contributed by atoms with E-state index in [1.165, 1.54) is 6.33 Å². The molecule has 0 amide bonds. The third-order valence-electron chi connectivity index (χ3n) is 4.63. The molecule has 2 N–H and O–H groups in total. The molecule has 2 aromatic heterocycles. The average molecular weight is 427 g/mol. The van der Waals surface area contributed by atoms with E-state index in [0.29, 0.717) is 27.4 Å². The van der Waals surface area contributed by atoms with Crippen LogP contribution >= 0.6 is 23.2 Å². The second-order valence-electron chi connectivity index (χ2n) is 7.72. The molecular weight excluding hydrogens is 407 g/mol. The predicted octanol–water partition coefficient (Wildman–Crippen LogP) is 6.53. The summed E-state index contributed by atoms with van der Waals surface area (Å²) in [4.78, 5) is 8.63. The van der Waals surface area contributed by atoms with Gasteiger partial charge >= 0.3 is 0 Å². The maximum Gasteiger partial charge on any atom is 0.146 e. The van der Waals surface area contributed by atoms with Crippen LogP contribution in [0, 0.1) is 0 Å². The van der Waals surface area contributed by atoms with Crippen molar-refractivity contribution in [2.45, 2.75) is 26.3 Å². The Morgan fingerprint density at radius 3 is 2.41 bits per heavy atom. The average Bonchev–Trinajstić information content (AvgIpc) is 3.05. The maximum absolute atomic E-state index is 6.64. The van der Waals surface area contributed by atoms with Gasteiger partial charge in [-0.05, 0) is 45.0 Å². The van der Waals surface area contributed by atoms with Gasteiger partial charge in [0, 0.05) is 28.9 Å². The Hall–Kier alpha value is -2.76. The molecule has 5 nitrogen and oxygen atoms in total. The Labute approximate surface area is 179 Å². The van der Waals surface area contributed by atoms with Gasteiger partial charge in [-0.2, -0.15) is 0 Å². The quantitative estimate of drug-likeness (QED) is 0.403. The number of nitrogens with two attached hydrogens (primary N) is 1. The first-order valence-corrected chi connectivity index (χ1v) is 9.85. The summed E-state index contributed by atoms with van der Waals surface area (Å²) in [6, 6.07) is 12.8. The molecule has 4 rings (SSSR count). The van der Waals surface area contributed by atoms with E-state index < -0.39 is 0 Å². The minimum Gasteiger partial charge on any atom is -0.456 e. The van der Waals surface area contributed by atoms with Crippen molar-refractivity contribution in [1.82, 2.24) is 14.5 Å². The van der Waals surface area contributed by atoms with Gasteiger partial charge < -0.3 is 15.0 Å². The number of hydrogen-bond acceptors (Lipinski definition) is 4. The lowest BCUT2D eigenvalue weighted by molar-refractivity contribution is 0.408. The SMILES string of the molecule is CC(C)(C)n1cc(-c2ccc(Oc3ccccc3Cl)cc2Cl)c2c(N)ncnc21. The molecule has 0 saturated carbocycles. The highest BCUT2D eigenvalue weighted by molar-refractivity contribution is 6.34. The first-order valence-electron chi connectivity index (χ1n) is 9.10. The van der Waals surface area contributed by atoms with Gasteiger partial charge in [0.05, 0.1) is 15.4 Å². The molecule has 4 aromatic rings. The molecular formula is C22H20Cl2N4O. The van der Waals surface area contributed by atoms with Crippen LogP contribution in [-0.2, 0) is 5.54 Å². The summed E-state index contributed by atoms with van der Waals surface area (Å²) >= 11 is 12.8. The van der Waals surface area contributed by atoms with E-state index in [4.69, 9.17) is 33.7 Å². The second-order valence-corrected chi connectivity index (χ2v) is 8.53. The molecule has 2 aromatic carbocycles. The number of hydrogen-bond donors (Lipinski definition) is 1. The molecule has 0 spiro atoms. The molecule has 0 radical (unpaired) electrons. The molecule has 0 aliphatic heterocycles. The van der Waals surface area contributed by atoms with Gasteiger partial charge in [-0.3, -0.25) is 0 Å². The number of halogens is 2. The van der Waals surface area contributed by atoms with E-state index in [2.05, 4.69) is 35.3 Å². The van der Waals surface area contributed by atoms with Crippen molar-refractivity contribution >= 4 is 40.1 Å². The third kappa shape index (κ3) is 3.63. The molecule has 0 bridgehead atoms. The topological polar surface area (TPSA) is 66.0 Å². The molecule has 0 saturated heterocycles. The highest BCUT2D eigenvalue weighted by Crippen LogP contribution is 2.40. The van der Waals surface area contributed by atoms with Gasteiger partial charge in [-0.1, -0.05) is 35.3 Å². The van der Waals surface area contributed by atoms with Crippen molar-refractivity contribution in [2.75, 3.05) is 5.73 Å². The monoisotopic (exact) mass is 426 g/mol. The van der Waals surface area contributed by atoms with Crippen LogP contribution in [0.3, 0.4) is 0 Å². The molecule has 2 heterocycles. The molecule has 0 unspecified atom stereocenters. The molecule has 29 heavy (non-hydrogen) atoms. The maximum atomic E-state index is 6.64. The normalized spacial score (nSPS) is 11.8. The van der Waals surface area contributed by atoms with Crippen molar-refractivity contribution in [3.05, 3.63) is 65.0 Å². The zero-order valence-electron chi connectivity index (χ0n) is 16.3. The number of nitrogen functional groups attached to an aromatic ring is 1. The zero-order valence-corrected chi connectivity index (χ0v) is 17.8. The van der Waals surface area contributed by atoms with E-state index in [1.54, 1.807) is 18.2 Å². The van der Waals surface area contributed by atoms with Gasteiger partial charge in [0.1, 0.15) is 29.3 Å². The van der Waals surface area contributed by atoms with Crippen LogP contribution in [0.1, 0.15) is 20.8 Å². The zero-order chi connectivity index (χ0) is 20.8. The van der Waals surface area contributed by atoms with Crippen molar-refractivity contribution in [2.24, 2.45) is 0 Å². The minimum atomic E-state index is -0.184. The number of aromatic nitrogens is 3. The number of fused-ring (bicyclic) bond motifs is 1. The fraction of sp³-hybridized carbons (Fsp3) is 0.182. The lowest BCUT2D eigenvalue weighted by atomic mass is 10.1. The van der Waals surface area contributed by atoms with Crippen LogP contribution in [0.2, 0.25) is 10.0 Å². The predicted molar refractivity (Wildman–Crippen MR) is 119 cm³/mol. The lowest BCUT2D eigenvalue weighted by Crippen LogP contribution is -2.21. The van der Waals surface area contributed by atoms with Crippen LogP contribution in [0.4, 0.5) is 5.82 Å². The smallest absolute Gasteiger partial charge is 0.146 e. The van der Waals surface area contributed by atoms with Crippen LogP contribution in [0.15, 0.2) is 55.0 Å². The summed E-state index contributed by atoms with van der Waals surface area (Å²) in [5.74, 6) is 1.58. The summed E-state index contributed by atoms with van der Waals surface area (Å²) in [6.45, 7) is 6.32. The second kappa shape index (κ2) is 7.25. The Kier molecular flexibility index (Phi) is 4.89. The molecule has 148 valence electrons. The fourth-order valence-corrected chi connectivity index (χ4v) is 3.68. The standard InChI is InChI=1S/C22H20Cl2N4O/c1-22(2,3)28-11-15(19-20(25)26-12-27-21(19)28)14-9-8-13(10-17(14)24)29-18-7-5-4-6-16(18)23/h4-12H,1-3H3,(H2,25,26,27). The van der Waals surface area contributed by atoms with Gasteiger partial charge in [0.2, 0.25) is 0 Å². The van der Waals surface area contributed by atoms with Crippen LogP contribution in [0.5, 0.6) is 11.5 Å². The van der Waals surface area contributed by atoms with Crippen LogP contribution < -0.4 is 10.5 Å². The van der Waals surface area contributed by atoms with Crippen LogP contribution in [0.25, 0.3) is 22.2 Å². The minimum absolute atomic E-state index is 0.184. The number of anilines is 1. The van der Waals surface area contributed by atoms with Crippen molar-refractivity contribution in [3.8, 4) is 22.6 Å². The summed E-state index contributed by atoms with van der Waals surface area (Å²) < 4.78 is 7.96. The number of ether oxygens (including phenoxy) is 1. The van der Waals surface area contributed by atoms with Gasteiger partial charge in [-0.15, -0.1) is 0 Å². The molecule has 0 fully saturated rings. The van der Waals surface area contributed by atoms with Crippen molar-refractivity contribution < 1.29 is 4.74 Å². The lowest BCUT2D eigenvalue weighted by Gasteiger charge is -2.21. The molecule has 0 aliphatic carbocycles. The first-order chi connectivity index (χ1) is 13.8. The Bertz CT molecular complexity index is 1210. The van der Waals surface area contributed by atoms with E-state index >= 15 is 0 Å². The fourth-order valence-electron chi connectivity index (χ4n) is 3.23. The molecule has 0 atom stereocenters. The largest absolute Gasteiger partial charge is 0.456 e. The summed E-state index contributed by atoms with van der Waals surface area (Å²) in [5, 5.41) is 1.85. The van der Waals surface area contributed by atoms with E-state index in [0.717, 1.165) is 22.2 Å². The van der Waals surface area contributed by atoms with E-state index in [9.17, 15) is 0 Å². The Morgan fingerprint density at radius 2 is 1.72 bits per heavy atom. The highest BCUT2D eigenvalue weighted by Gasteiger charge is 2.23. The van der Waals surface area contributed by atoms with Gasteiger partial charge in [-0.25, -0.2) is 9.97 Å². The summed E-state index contributed by atoms with van der Waals surface area (Å²) in [5.41, 5.74) is 8.49. The third-order valence-corrected chi connectivity index (χ3v) is 5.26. The number of rotatable bonds is 3. The highest BCUT2D eigenvalue weighted by atomic mass is 35.5. The number of para-hydroxylation sites is 1. The van der Waals surface area contributed by atoms with Crippen molar-refractivity contribution in [1.29, 1.82) is 0 Å². The number of benzene rings is 2. The Balaban J connectivity index is 1.82. The number of nitrogens with zero attached hydrogens (tertiary/aromatic N) is 3. The van der Waals surface area contributed by atoms with Crippen LogP contribution in [-0.4, -0.2) is 14.5 Å². The van der Waals surface area contributed by atoms with Crippen molar-refractivity contribution in [3.63, 3.8) is 0 Å². The summed E-state index contributed by atoms with van der Waals surface area (Å²) in [7, 11) is 0. The van der Waals surface area contributed by atoms with Gasteiger partial charge in [0.25, 0.3) is 0 Å². The summed E-state index contributed by atoms with van der Waals surface area (Å²) in [6.07, 6.45) is 3.50. The molecule has 0 aliphatic rings. The molecule has 7 heteroatoms. The van der Waals surface area contributed by atoms with E-state index in [1.807, 2.05) is 30.5 Å². The first kappa shape index (κ1) is 19.6. The van der Waals surface area contributed by atoms with Gasteiger partial charge in [0.15, 0.2) is 0 Å². The van der Waals surface area contributed by atoms with E-state index in [-0.39, 0.29) is 5.54 Å². The Morgan fingerprint density at radius 1 is 0.966 bits per heavy atom.